The van der Waals surface area contributed by atoms with E-state index < -0.39 is 24.6 Å². The van der Waals surface area contributed by atoms with E-state index in [-0.39, 0.29) is 6.54 Å². The number of ether oxygens (including phenoxy) is 1. The predicted molar refractivity (Wildman–Crippen MR) is 60.2 cm³/mol. The average molecular weight is 265 g/mol. The summed E-state index contributed by atoms with van der Waals surface area (Å²) < 4.78 is 54.0. The minimum Gasteiger partial charge on any atom is -0.489 e. The fourth-order valence-electron chi connectivity index (χ4n) is 1.38. The van der Waals surface area contributed by atoms with Crippen molar-refractivity contribution < 1.29 is 22.3 Å². The van der Waals surface area contributed by atoms with Crippen LogP contribution in [0.25, 0.3) is 0 Å². The molecule has 1 atom stereocenters. The third-order valence-electron chi connectivity index (χ3n) is 2.24. The Hall–Kier alpha value is -1.30. The van der Waals surface area contributed by atoms with Gasteiger partial charge in [0, 0.05) is 12.6 Å². The molecule has 0 aliphatic carbocycles. The van der Waals surface area contributed by atoms with Gasteiger partial charge in [-0.1, -0.05) is 6.07 Å². The highest BCUT2D eigenvalue weighted by atomic mass is 19.4. The van der Waals surface area contributed by atoms with Crippen LogP contribution >= 0.6 is 0 Å². The van der Waals surface area contributed by atoms with Crippen LogP contribution in [0.1, 0.15) is 12.5 Å². The van der Waals surface area contributed by atoms with Crippen LogP contribution in [0.5, 0.6) is 5.75 Å². The molecule has 2 nitrogen and oxygen atoms in total. The van der Waals surface area contributed by atoms with E-state index in [1.807, 2.05) is 0 Å². The lowest BCUT2D eigenvalue weighted by atomic mass is 10.2. The molecule has 1 aromatic rings. The Morgan fingerprint density at radius 2 is 2.00 bits per heavy atom. The summed E-state index contributed by atoms with van der Waals surface area (Å²) in [4.78, 5) is 0. The molecule has 0 aromatic heterocycles. The molecule has 102 valence electrons. The molecule has 6 heteroatoms. The van der Waals surface area contributed by atoms with Crippen LogP contribution in [0.3, 0.4) is 0 Å². The van der Waals surface area contributed by atoms with Gasteiger partial charge in [-0.25, -0.2) is 4.39 Å². The molecular weight excluding hydrogens is 250 g/mol. The second kappa shape index (κ2) is 6.04. The monoisotopic (exact) mass is 265 g/mol. The second-order valence-corrected chi connectivity index (χ2v) is 4.08. The Kier molecular flexibility index (Phi) is 4.95. The van der Waals surface area contributed by atoms with Crippen molar-refractivity contribution in [3.8, 4) is 5.75 Å². The van der Waals surface area contributed by atoms with E-state index in [0.717, 1.165) is 5.56 Å². The van der Waals surface area contributed by atoms with Crippen molar-refractivity contribution in [2.24, 2.45) is 0 Å². The Labute approximate surface area is 103 Å². The van der Waals surface area contributed by atoms with Gasteiger partial charge in [-0.05, 0) is 25.5 Å². The van der Waals surface area contributed by atoms with Crippen molar-refractivity contribution >= 4 is 0 Å². The van der Waals surface area contributed by atoms with Gasteiger partial charge in [0.15, 0.2) is 0 Å². The largest absolute Gasteiger partial charge is 0.489 e. The van der Waals surface area contributed by atoms with E-state index in [9.17, 15) is 17.6 Å². The minimum atomic E-state index is -4.24. The summed E-state index contributed by atoms with van der Waals surface area (Å²) in [6.07, 6.45) is -4.72. The number of halogens is 4. The van der Waals surface area contributed by atoms with Gasteiger partial charge in [0.1, 0.15) is 17.7 Å². The minimum absolute atomic E-state index is 0.0372. The highest BCUT2D eigenvalue weighted by molar-refractivity contribution is 5.32. The van der Waals surface area contributed by atoms with Gasteiger partial charge in [0.2, 0.25) is 0 Å². The first kappa shape index (κ1) is 14.8. The van der Waals surface area contributed by atoms with Crippen LogP contribution in [0.4, 0.5) is 17.6 Å². The normalized spacial score (nSPS) is 13.4. The van der Waals surface area contributed by atoms with E-state index in [0.29, 0.717) is 5.75 Å². The third-order valence-corrected chi connectivity index (χ3v) is 2.24. The highest BCUT2D eigenvalue weighted by Gasteiger charge is 2.26. The van der Waals surface area contributed by atoms with Crippen molar-refractivity contribution in [3.05, 3.63) is 29.6 Å². The molecule has 0 amide bonds. The molecule has 18 heavy (non-hydrogen) atoms. The summed E-state index contributed by atoms with van der Waals surface area (Å²) in [7, 11) is 0. The fourth-order valence-corrected chi connectivity index (χ4v) is 1.38. The zero-order valence-electron chi connectivity index (χ0n) is 10.1. The topological polar surface area (TPSA) is 21.3 Å². The lowest BCUT2D eigenvalue weighted by Gasteiger charge is -2.17. The fraction of sp³-hybridized carbons (Fsp3) is 0.500. The number of alkyl halides is 3. The van der Waals surface area contributed by atoms with Crippen molar-refractivity contribution in [2.75, 3.05) is 13.1 Å². The quantitative estimate of drug-likeness (QED) is 0.826. The van der Waals surface area contributed by atoms with Gasteiger partial charge in [-0.15, -0.1) is 0 Å². The van der Waals surface area contributed by atoms with Crippen molar-refractivity contribution in [1.82, 2.24) is 5.32 Å². The zero-order chi connectivity index (χ0) is 13.8. The first-order valence-electron chi connectivity index (χ1n) is 5.48. The molecule has 0 bridgehead atoms. The first-order chi connectivity index (χ1) is 8.28. The maximum Gasteiger partial charge on any atom is 0.401 e. The lowest BCUT2D eigenvalue weighted by molar-refractivity contribution is -0.125. The molecule has 0 heterocycles. The maximum atomic E-state index is 13.0. The Morgan fingerprint density at radius 3 is 2.61 bits per heavy atom. The molecule has 0 aliphatic heterocycles. The van der Waals surface area contributed by atoms with Gasteiger partial charge < -0.3 is 10.1 Å². The molecular formula is C12H15F4NO. The van der Waals surface area contributed by atoms with Crippen LogP contribution in [0.15, 0.2) is 18.2 Å². The Morgan fingerprint density at radius 1 is 1.33 bits per heavy atom. The number of hydrogen-bond acceptors (Lipinski definition) is 2. The number of rotatable bonds is 5. The summed E-state index contributed by atoms with van der Waals surface area (Å²) in [6.45, 7) is 2.33. The van der Waals surface area contributed by atoms with Gasteiger partial charge in [0.25, 0.3) is 0 Å². The molecule has 1 rings (SSSR count). The van der Waals surface area contributed by atoms with E-state index in [1.165, 1.54) is 12.1 Å². The number of hydrogen-bond donors (Lipinski definition) is 1. The van der Waals surface area contributed by atoms with E-state index in [4.69, 9.17) is 4.74 Å². The van der Waals surface area contributed by atoms with Crippen LogP contribution in [0, 0.1) is 12.7 Å². The van der Waals surface area contributed by atoms with Gasteiger partial charge in [-0.2, -0.15) is 13.2 Å². The van der Waals surface area contributed by atoms with E-state index >= 15 is 0 Å². The molecule has 0 aliphatic rings. The summed E-state index contributed by atoms with van der Waals surface area (Å²) in [5, 5.41) is 2.24. The molecule has 0 fully saturated rings. The molecule has 1 unspecified atom stereocenters. The highest BCUT2D eigenvalue weighted by Crippen LogP contribution is 2.20. The molecule has 1 aromatic carbocycles. The number of benzene rings is 1. The van der Waals surface area contributed by atoms with Crippen molar-refractivity contribution in [1.29, 1.82) is 0 Å². The summed E-state index contributed by atoms with van der Waals surface area (Å²) in [6, 6.07) is 4.07. The van der Waals surface area contributed by atoms with Gasteiger partial charge >= 0.3 is 6.18 Å². The summed E-state index contributed by atoms with van der Waals surface area (Å²) in [5.41, 5.74) is 0.735. The summed E-state index contributed by atoms with van der Waals surface area (Å²) >= 11 is 0. The van der Waals surface area contributed by atoms with Gasteiger partial charge in [0.05, 0.1) is 6.54 Å². The molecule has 0 spiro atoms. The van der Waals surface area contributed by atoms with Gasteiger partial charge in [-0.3, -0.25) is 0 Å². The molecule has 0 radical (unpaired) electrons. The third kappa shape index (κ3) is 5.35. The zero-order valence-corrected chi connectivity index (χ0v) is 10.1. The lowest BCUT2D eigenvalue weighted by Crippen LogP contribution is -2.35. The van der Waals surface area contributed by atoms with Crippen LogP contribution in [-0.2, 0) is 0 Å². The first-order valence-corrected chi connectivity index (χ1v) is 5.48. The maximum absolute atomic E-state index is 13.0. The van der Waals surface area contributed by atoms with Crippen LogP contribution in [-0.4, -0.2) is 25.4 Å². The Bertz CT molecular complexity index is 392. The molecule has 1 N–H and O–H groups in total. The molecule has 0 saturated carbocycles. The standard InChI is InChI=1S/C12H15F4NO/c1-8-3-4-10(13)5-11(8)18-9(2)6-17-7-12(14,15)16/h3-5,9,17H,6-7H2,1-2H3. The van der Waals surface area contributed by atoms with Crippen molar-refractivity contribution in [2.45, 2.75) is 26.1 Å². The second-order valence-electron chi connectivity index (χ2n) is 4.08. The molecule has 0 saturated heterocycles. The van der Waals surface area contributed by atoms with Crippen LogP contribution in [0.2, 0.25) is 0 Å². The summed E-state index contributed by atoms with van der Waals surface area (Å²) in [5.74, 6) is -0.0950. The smallest absolute Gasteiger partial charge is 0.401 e. The average Bonchev–Trinajstić information content (AvgIpc) is 2.21. The van der Waals surface area contributed by atoms with Crippen molar-refractivity contribution in [3.63, 3.8) is 0 Å². The predicted octanol–water partition coefficient (Wildman–Crippen LogP) is 3.05. The SMILES string of the molecule is Cc1ccc(F)cc1OC(C)CNCC(F)(F)F. The van der Waals surface area contributed by atoms with E-state index in [1.54, 1.807) is 19.9 Å². The Balaban J connectivity index is 2.44. The number of nitrogens with one attached hydrogen (secondary N) is 1. The van der Waals surface area contributed by atoms with Crippen LogP contribution < -0.4 is 10.1 Å². The number of aryl methyl sites for hydroxylation is 1. The van der Waals surface area contributed by atoms with E-state index in [2.05, 4.69) is 5.32 Å².